The minimum atomic E-state index is -0.0429. The number of carbonyl (C=O) groups excluding carboxylic acids is 2. The maximum atomic E-state index is 12.8. The summed E-state index contributed by atoms with van der Waals surface area (Å²) in [6.07, 6.45) is 2.28. The highest BCUT2D eigenvalue weighted by molar-refractivity contribution is 5.89. The van der Waals surface area contributed by atoms with Crippen molar-refractivity contribution in [1.82, 2.24) is 14.8 Å². The third kappa shape index (κ3) is 4.90. The number of rotatable bonds is 6. The van der Waals surface area contributed by atoms with E-state index in [1.807, 2.05) is 53.6 Å². The first-order chi connectivity index (χ1) is 15.0. The van der Waals surface area contributed by atoms with E-state index in [9.17, 15) is 9.59 Å². The molecule has 0 bridgehead atoms. The van der Waals surface area contributed by atoms with E-state index in [0.717, 1.165) is 16.5 Å². The molecule has 0 spiro atoms. The highest BCUT2D eigenvalue weighted by atomic mass is 16.5. The van der Waals surface area contributed by atoms with Crippen molar-refractivity contribution < 1.29 is 14.3 Å². The Balaban J connectivity index is 1.26. The lowest BCUT2D eigenvalue weighted by molar-refractivity contribution is -0.140. The predicted molar refractivity (Wildman–Crippen MR) is 121 cm³/mol. The second-order valence-electron chi connectivity index (χ2n) is 8.31. The van der Waals surface area contributed by atoms with Gasteiger partial charge in [-0.05, 0) is 35.2 Å². The lowest BCUT2D eigenvalue weighted by Gasteiger charge is -2.34. The molecule has 6 nitrogen and oxygen atoms in total. The van der Waals surface area contributed by atoms with Gasteiger partial charge in [0.05, 0.1) is 6.42 Å². The Bertz CT molecular complexity index is 1060. The summed E-state index contributed by atoms with van der Waals surface area (Å²) in [5.41, 5.74) is 3.24. The lowest BCUT2D eigenvalue weighted by atomic mass is 10.0. The fourth-order valence-electron chi connectivity index (χ4n) is 3.96. The molecule has 2 amide bonds. The number of aromatic amines is 1. The Kier molecular flexibility index (Phi) is 6.26. The standard InChI is InChI=1S/C25H29N3O3/c1-18(2)19-6-5-7-21(14-19)31-17-25(30)28-12-10-27(11-13-28)24(29)15-20-16-26-23-9-4-3-8-22(20)23/h3-9,14,16,18,26H,10-13,15,17H2,1-2H3. The summed E-state index contributed by atoms with van der Waals surface area (Å²) in [5.74, 6) is 1.18. The number of piperazine rings is 1. The third-order valence-corrected chi connectivity index (χ3v) is 5.89. The molecule has 2 aromatic carbocycles. The van der Waals surface area contributed by atoms with Gasteiger partial charge in [-0.1, -0.05) is 44.2 Å². The Labute approximate surface area is 182 Å². The fourth-order valence-corrected chi connectivity index (χ4v) is 3.96. The number of aromatic nitrogens is 1. The van der Waals surface area contributed by atoms with Gasteiger partial charge in [0, 0.05) is 43.3 Å². The van der Waals surface area contributed by atoms with Crippen molar-refractivity contribution in [2.45, 2.75) is 26.2 Å². The zero-order valence-electron chi connectivity index (χ0n) is 18.1. The van der Waals surface area contributed by atoms with Crippen LogP contribution in [0.2, 0.25) is 0 Å². The van der Waals surface area contributed by atoms with E-state index in [4.69, 9.17) is 4.74 Å². The molecule has 1 saturated heterocycles. The first-order valence-electron chi connectivity index (χ1n) is 10.8. The van der Waals surface area contributed by atoms with Crippen LogP contribution in [0, 0.1) is 0 Å². The summed E-state index contributed by atoms with van der Waals surface area (Å²) in [7, 11) is 0. The summed E-state index contributed by atoms with van der Waals surface area (Å²) < 4.78 is 5.72. The molecule has 0 unspecified atom stereocenters. The van der Waals surface area contributed by atoms with Gasteiger partial charge in [0.15, 0.2) is 6.61 Å². The highest BCUT2D eigenvalue weighted by Gasteiger charge is 2.25. The molecule has 3 aromatic rings. The maximum Gasteiger partial charge on any atom is 0.260 e. The van der Waals surface area contributed by atoms with Gasteiger partial charge in [0.2, 0.25) is 5.91 Å². The zero-order chi connectivity index (χ0) is 21.8. The summed E-state index contributed by atoms with van der Waals surface area (Å²) in [5, 5.41) is 1.09. The number of fused-ring (bicyclic) bond motifs is 1. The van der Waals surface area contributed by atoms with Gasteiger partial charge in [-0.2, -0.15) is 0 Å². The van der Waals surface area contributed by atoms with Crippen molar-refractivity contribution in [2.75, 3.05) is 32.8 Å². The largest absolute Gasteiger partial charge is 0.484 e. The van der Waals surface area contributed by atoms with Crippen molar-refractivity contribution in [2.24, 2.45) is 0 Å². The normalized spacial score (nSPS) is 14.3. The van der Waals surface area contributed by atoms with E-state index in [-0.39, 0.29) is 18.4 Å². The van der Waals surface area contributed by atoms with Crippen LogP contribution < -0.4 is 4.74 Å². The number of amides is 2. The van der Waals surface area contributed by atoms with Crippen LogP contribution in [-0.4, -0.2) is 59.4 Å². The van der Waals surface area contributed by atoms with Crippen LogP contribution in [-0.2, 0) is 16.0 Å². The quantitative estimate of drug-likeness (QED) is 0.664. The predicted octanol–water partition coefficient (Wildman–Crippen LogP) is 3.58. The van der Waals surface area contributed by atoms with Gasteiger partial charge in [0.1, 0.15) is 5.75 Å². The van der Waals surface area contributed by atoms with Crippen molar-refractivity contribution in [3.63, 3.8) is 0 Å². The summed E-state index contributed by atoms with van der Waals surface area (Å²) in [6, 6.07) is 15.9. The van der Waals surface area contributed by atoms with Gasteiger partial charge >= 0.3 is 0 Å². The zero-order valence-corrected chi connectivity index (χ0v) is 18.1. The first-order valence-corrected chi connectivity index (χ1v) is 10.8. The fraction of sp³-hybridized carbons (Fsp3) is 0.360. The third-order valence-electron chi connectivity index (χ3n) is 5.89. The van der Waals surface area contributed by atoms with Crippen LogP contribution in [0.15, 0.2) is 54.7 Å². The Morgan fingerprint density at radius 3 is 2.42 bits per heavy atom. The maximum absolute atomic E-state index is 12.8. The SMILES string of the molecule is CC(C)c1cccc(OCC(=O)N2CCN(C(=O)Cc3c[nH]c4ccccc34)CC2)c1. The number of benzene rings is 2. The van der Waals surface area contributed by atoms with E-state index < -0.39 is 0 Å². The molecule has 1 aliphatic heterocycles. The average molecular weight is 420 g/mol. The summed E-state index contributed by atoms with van der Waals surface area (Å²) >= 11 is 0. The molecule has 1 aromatic heterocycles. The summed E-state index contributed by atoms with van der Waals surface area (Å²) in [4.78, 5) is 32.2. The number of nitrogens with zero attached hydrogens (tertiary/aromatic N) is 2. The first kappa shape index (κ1) is 21.0. The second kappa shape index (κ2) is 9.25. The van der Waals surface area contributed by atoms with E-state index in [1.54, 1.807) is 4.90 Å². The van der Waals surface area contributed by atoms with Crippen LogP contribution >= 0.6 is 0 Å². The van der Waals surface area contributed by atoms with Crippen LogP contribution in [0.25, 0.3) is 10.9 Å². The number of carbonyl (C=O) groups is 2. The van der Waals surface area contributed by atoms with Gasteiger partial charge in [-0.15, -0.1) is 0 Å². The number of para-hydroxylation sites is 1. The van der Waals surface area contributed by atoms with E-state index in [2.05, 4.69) is 24.9 Å². The van der Waals surface area contributed by atoms with E-state index >= 15 is 0 Å². The molecule has 4 rings (SSSR count). The molecule has 6 heteroatoms. The molecule has 0 saturated carbocycles. The molecule has 0 aliphatic carbocycles. The highest BCUT2D eigenvalue weighted by Crippen LogP contribution is 2.21. The topological polar surface area (TPSA) is 65.6 Å². The smallest absolute Gasteiger partial charge is 0.260 e. The minimum absolute atomic E-state index is 0.0187. The van der Waals surface area contributed by atoms with Gasteiger partial charge in [0.25, 0.3) is 5.91 Å². The van der Waals surface area contributed by atoms with Crippen molar-refractivity contribution in [1.29, 1.82) is 0 Å². The van der Waals surface area contributed by atoms with Crippen LogP contribution in [0.5, 0.6) is 5.75 Å². The molecule has 1 fully saturated rings. The monoisotopic (exact) mass is 419 g/mol. The summed E-state index contributed by atoms with van der Waals surface area (Å²) in [6.45, 7) is 6.45. The van der Waals surface area contributed by atoms with Gasteiger partial charge < -0.3 is 19.5 Å². The van der Waals surface area contributed by atoms with Gasteiger partial charge in [-0.25, -0.2) is 0 Å². The Morgan fingerprint density at radius 1 is 0.968 bits per heavy atom. The van der Waals surface area contributed by atoms with Crippen LogP contribution in [0.4, 0.5) is 0 Å². The van der Waals surface area contributed by atoms with E-state index in [0.29, 0.717) is 44.3 Å². The molecule has 0 radical (unpaired) electrons. The lowest BCUT2D eigenvalue weighted by Crippen LogP contribution is -2.52. The molecule has 0 atom stereocenters. The van der Waals surface area contributed by atoms with E-state index in [1.165, 1.54) is 5.56 Å². The van der Waals surface area contributed by atoms with Crippen LogP contribution in [0.3, 0.4) is 0 Å². The molecule has 31 heavy (non-hydrogen) atoms. The number of ether oxygens (including phenoxy) is 1. The molecule has 2 heterocycles. The number of nitrogens with one attached hydrogen (secondary N) is 1. The molecular weight excluding hydrogens is 390 g/mol. The minimum Gasteiger partial charge on any atom is -0.484 e. The Hall–Kier alpha value is -3.28. The second-order valence-corrected chi connectivity index (χ2v) is 8.31. The van der Waals surface area contributed by atoms with Crippen molar-refractivity contribution in [3.8, 4) is 5.75 Å². The molecular formula is C25H29N3O3. The number of hydrogen-bond donors (Lipinski definition) is 1. The molecule has 1 aliphatic rings. The van der Waals surface area contributed by atoms with Crippen molar-refractivity contribution in [3.05, 3.63) is 65.9 Å². The number of H-pyrrole nitrogens is 1. The van der Waals surface area contributed by atoms with Crippen molar-refractivity contribution >= 4 is 22.7 Å². The molecule has 162 valence electrons. The number of hydrogen-bond acceptors (Lipinski definition) is 3. The average Bonchev–Trinajstić information content (AvgIpc) is 3.20. The van der Waals surface area contributed by atoms with Gasteiger partial charge in [-0.3, -0.25) is 9.59 Å². The Morgan fingerprint density at radius 2 is 1.68 bits per heavy atom. The van der Waals surface area contributed by atoms with Crippen LogP contribution in [0.1, 0.15) is 30.9 Å². The molecule has 1 N–H and O–H groups in total.